The summed E-state index contributed by atoms with van der Waals surface area (Å²) in [6.45, 7) is 2.23. The smallest absolute Gasteiger partial charge is 0.252 e. The summed E-state index contributed by atoms with van der Waals surface area (Å²) in [7, 11) is 0. The number of nitrogens with one attached hydrogen (secondary N) is 1. The fourth-order valence-electron chi connectivity index (χ4n) is 2.41. The summed E-state index contributed by atoms with van der Waals surface area (Å²) in [5.74, 6) is 0.550. The van der Waals surface area contributed by atoms with Crippen LogP contribution in [0.3, 0.4) is 0 Å². The van der Waals surface area contributed by atoms with E-state index in [2.05, 4.69) is 15.5 Å². The van der Waals surface area contributed by atoms with Gasteiger partial charge in [-0.15, -0.1) is 10.2 Å². The lowest BCUT2D eigenvalue weighted by molar-refractivity contribution is 0.0942. The maximum atomic E-state index is 12.2. The topological polar surface area (TPSA) is 79.5 Å². The molecular formula is C17H18N4O2. The van der Waals surface area contributed by atoms with E-state index >= 15 is 0 Å². The van der Waals surface area contributed by atoms with Crippen molar-refractivity contribution in [3.05, 3.63) is 65.6 Å². The number of fused-ring (bicyclic) bond motifs is 1. The predicted octanol–water partition coefficient (Wildman–Crippen LogP) is 1.89. The molecule has 6 heteroatoms. The fraction of sp³-hybridized carbons (Fsp3) is 0.235. The number of rotatable bonds is 5. The molecule has 0 saturated heterocycles. The summed E-state index contributed by atoms with van der Waals surface area (Å²) < 4.78 is 1.77. The molecule has 2 aromatic heterocycles. The molecule has 1 atom stereocenters. The van der Waals surface area contributed by atoms with Gasteiger partial charge in [-0.2, -0.15) is 0 Å². The van der Waals surface area contributed by atoms with Crippen molar-refractivity contribution >= 4 is 11.6 Å². The molecule has 0 aliphatic heterocycles. The average molecular weight is 310 g/mol. The highest BCUT2D eigenvalue weighted by molar-refractivity contribution is 5.94. The molecule has 0 radical (unpaired) electrons. The zero-order valence-electron chi connectivity index (χ0n) is 12.8. The first-order valence-corrected chi connectivity index (χ1v) is 7.48. The van der Waals surface area contributed by atoms with Gasteiger partial charge in [-0.3, -0.25) is 9.20 Å². The molecule has 0 fully saturated rings. The molecule has 118 valence electrons. The van der Waals surface area contributed by atoms with E-state index in [-0.39, 0.29) is 5.91 Å². The van der Waals surface area contributed by atoms with Crippen LogP contribution in [0.15, 0.2) is 48.7 Å². The largest absolute Gasteiger partial charge is 0.388 e. The Morgan fingerprint density at radius 2 is 2.00 bits per heavy atom. The monoisotopic (exact) mass is 310 g/mol. The average Bonchev–Trinajstić information content (AvgIpc) is 2.96. The van der Waals surface area contributed by atoms with Gasteiger partial charge in [-0.1, -0.05) is 30.3 Å². The van der Waals surface area contributed by atoms with E-state index in [0.29, 0.717) is 24.2 Å². The van der Waals surface area contributed by atoms with Gasteiger partial charge in [0.25, 0.3) is 5.91 Å². The minimum Gasteiger partial charge on any atom is -0.388 e. The van der Waals surface area contributed by atoms with Crippen molar-refractivity contribution in [3.8, 4) is 0 Å². The van der Waals surface area contributed by atoms with Crippen molar-refractivity contribution < 1.29 is 9.90 Å². The number of carbonyl (C=O) groups is 1. The van der Waals surface area contributed by atoms with Crippen molar-refractivity contribution in [2.24, 2.45) is 0 Å². The van der Waals surface area contributed by atoms with Gasteiger partial charge in [-0.05, 0) is 31.0 Å². The highest BCUT2D eigenvalue weighted by Crippen LogP contribution is 2.15. The zero-order valence-corrected chi connectivity index (χ0v) is 12.8. The molecule has 0 aliphatic carbocycles. The van der Waals surface area contributed by atoms with Gasteiger partial charge in [0.05, 0.1) is 11.7 Å². The van der Waals surface area contributed by atoms with Crippen LogP contribution >= 0.6 is 0 Å². The molecule has 1 unspecified atom stereocenters. The summed E-state index contributed by atoms with van der Waals surface area (Å²) in [6, 6.07) is 12.9. The molecule has 1 amide bonds. The maximum Gasteiger partial charge on any atom is 0.252 e. The second-order valence-corrected chi connectivity index (χ2v) is 5.36. The highest BCUT2D eigenvalue weighted by atomic mass is 16.3. The van der Waals surface area contributed by atoms with Crippen LogP contribution in [0.1, 0.15) is 34.3 Å². The molecule has 3 rings (SSSR count). The summed E-state index contributed by atoms with van der Waals surface area (Å²) >= 11 is 0. The molecule has 0 saturated carbocycles. The summed E-state index contributed by atoms with van der Waals surface area (Å²) in [5, 5.41) is 20.9. The number of hydrogen-bond donors (Lipinski definition) is 2. The van der Waals surface area contributed by atoms with Gasteiger partial charge in [-0.25, -0.2) is 0 Å². The number of hydrogen-bond acceptors (Lipinski definition) is 4. The lowest BCUT2D eigenvalue weighted by atomic mass is 10.1. The van der Waals surface area contributed by atoms with Crippen molar-refractivity contribution in [2.45, 2.75) is 19.4 Å². The van der Waals surface area contributed by atoms with Crippen LogP contribution in [0.5, 0.6) is 0 Å². The van der Waals surface area contributed by atoms with Gasteiger partial charge in [0, 0.05) is 12.7 Å². The fourth-order valence-corrected chi connectivity index (χ4v) is 2.41. The van der Waals surface area contributed by atoms with Gasteiger partial charge in [0.2, 0.25) is 0 Å². The van der Waals surface area contributed by atoms with Gasteiger partial charge >= 0.3 is 0 Å². The molecular weight excluding hydrogens is 292 g/mol. The van der Waals surface area contributed by atoms with Crippen molar-refractivity contribution in [1.29, 1.82) is 0 Å². The molecule has 2 heterocycles. The first-order valence-electron chi connectivity index (χ1n) is 7.48. The van der Waals surface area contributed by atoms with Crippen LogP contribution in [-0.4, -0.2) is 32.2 Å². The minimum atomic E-state index is -0.584. The quantitative estimate of drug-likeness (QED) is 0.754. The van der Waals surface area contributed by atoms with Crippen LogP contribution in [0.4, 0.5) is 0 Å². The third-order valence-electron chi connectivity index (χ3n) is 3.72. The minimum absolute atomic E-state index is 0.180. The van der Waals surface area contributed by atoms with Crippen molar-refractivity contribution in [1.82, 2.24) is 19.9 Å². The van der Waals surface area contributed by atoms with Crippen LogP contribution < -0.4 is 5.32 Å². The molecule has 0 aliphatic rings. The summed E-state index contributed by atoms with van der Waals surface area (Å²) in [5.41, 5.74) is 2.09. The highest BCUT2D eigenvalue weighted by Gasteiger charge is 2.10. The Labute approximate surface area is 133 Å². The molecule has 2 N–H and O–H groups in total. The number of amides is 1. The molecule has 6 nitrogen and oxygen atoms in total. The third kappa shape index (κ3) is 3.37. The van der Waals surface area contributed by atoms with Crippen molar-refractivity contribution in [3.63, 3.8) is 0 Å². The van der Waals surface area contributed by atoms with E-state index in [1.54, 1.807) is 22.7 Å². The van der Waals surface area contributed by atoms with Gasteiger partial charge in [0.1, 0.15) is 5.82 Å². The number of benzene rings is 1. The van der Waals surface area contributed by atoms with E-state index < -0.39 is 6.10 Å². The number of nitrogens with zero attached hydrogens (tertiary/aromatic N) is 3. The van der Waals surface area contributed by atoms with Crippen molar-refractivity contribution in [2.75, 3.05) is 6.54 Å². The van der Waals surface area contributed by atoms with Crippen LogP contribution in [-0.2, 0) is 0 Å². The number of aliphatic hydroxyl groups is 1. The maximum absolute atomic E-state index is 12.2. The van der Waals surface area contributed by atoms with Crippen LogP contribution in [0, 0.1) is 6.92 Å². The third-order valence-corrected chi connectivity index (χ3v) is 3.72. The van der Waals surface area contributed by atoms with E-state index in [0.717, 1.165) is 11.4 Å². The lowest BCUT2D eigenvalue weighted by Crippen LogP contribution is -2.26. The first kappa shape index (κ1) is 15.2. The Kier molecular flexibility index (Phi) is 4.34. The number of aliphatic hydroxyl groups excluding tert-OH is 1. The number of pyridine rings is 1. The SMILES string of the molecule is Cc1nnc2ccc(C(=O)NCCC(O)c3ccccc3)cn12. The molecule has 0 spiro atoms. The normalized spacial score (nSPS) is 12.3. The van der Waals surface area contributed by atoms with Gasteiger partial charge < -0.3 is 10.4 Å². The lowest BCUT2D eigenvalue weighted by Gasteiger charge is -2.11. The number of aryl methyl sites for hydroxylation is 1. The number of carbonyl (C=O) groups excluding carboxylic acids is 1. The van der Waals surface area contributed by atoms with Crippen LogP contribution in [0.2, 0.25) is 0 Å². The van der Waals surface area contributed by atoms with Crippen LogP contribution in [0.25, 0.3) is 5.65 Å². The summed E-state index contributed by atoms with van der Waals surface area (Å²) in [4.78, 5) is 12.2. The predicted molar refractivity (Wildman–Crippen MR) is 86.1 cm³/mol. The number of aromatic nitrogens is 3. The molecule has 1 aromatic carbocycles. The second kappa shape index (κ2) is 6.58. The van der Waals surface area contributed by atoms with E-state index in [4.69, 9.17) is 0 Å². The Morgan fingerprint density at radius 1 is 1.22 bits per heavy atom. The Bertz CT molecular complexity index is 814. The Balaban J connectivity index is 1.59. The Hall–Kier alpha value is -2.73. The van der Waals surface area contributed by atoms with E-state index in [9.17, 15) is 9.90 Å². The first-order chi connectivity index (χ1) is 11.1. The Morgan fingerprint density at radius 3 is 2.78 bits per heavy atom. The molecule has 23 heavy (non-hydrogen) atoms. The molecule has 3 aromatic rings. The standard InChI is InChI=1S/C17H18N4O2/c1-12-19-20-16-8-7-14(11-21(12)16)17(23)18-10-9-15(22)13-5-3-2-4-6-13/h2-8,11,15,22H,9-10H2,1H3,(H,18,23). The summed E-state index contributed by atoms with van der Waals surface area (Å²) in [6.07, 6.45) is 1.59. The van der Waals surface area contributed by atoms with E-state index in [1.165, 1.54) is 0 Å². The zero-order chi connectivity index (χ0) is 16.2. The molecule has 0 bridgehead atoms. The second-order valence-electron chi connectivity index (χ2n) is 5.36. The van der Waals surface area contributed by atoms with E-state index in [1.807, 2.05) is 37.3 Å². The van der Waals surface area contributed by atoms with Gasteiger partial charge in [0.15, 0.2) is 5.65 Å².